The number of hydrogen-bond acceptors (Lipinski definition) is 4. The van der Waals surface area contributed by atoms with Crippen LogP contribution in [0.4, 0.5) is 0 Å². The Kier molecular flexibility index (Phi) is 8.13. The largest absolute Gasteiger partial charge is 0.379 e. The number of carbonyl (C=O) groups is 1. The molecule has 0 saturated carbocycles. The number of likely N-dealkylation sites (N-methyl/N-ethyl adjacent to an activating group) is 1. The molecule has 0 aromatic rings. The molecule has 18 heavy (non-hydrogen) atoms. The van der Waals surface area contributed by atoms with E-state index in [1.807, 2.05) is 13.8 Å². The van der Waals surface area contributed by atoms with Crippen LogP contribution in [0.15, 0.2) is 0 Å². The summed E-state index contributed by atoms with van der Waals surface area (Å²) >= 11 is 0. The number of carbonyl (C=O) groups excluding carboxylic acids is 1. The molecule has 0 aliphatic heterocycles. The van der Waals surface area contributed by atoms with Gasteiger partial charge in [-0.2, -0.15) is 4.31 Å². The van der Waals surface area contributed by atoms with E-state index in [-0.39, 0.29) is 24.3 Å². The third kappa shape index (κ3) is 7.62. The first-order valence-corrected chi connectivity index (χ1v) is 7.72. The van der Waals surface area contributed by atoms with Gasteiger partial charge in [-0.1, -0.05) is 0 Å². The zero-order valence-electron chi connectivity index (χ0n) is 11.6. The SMILES string of the molecule is CCS(=O)(=O)N(C)CC(=O)NCCCOC(C)C. The summed E-state index contributed by atoms with van der Waals surface area (Å²) in [5.74, 6) is -0.294. The van der Waals surface area contributed by atoms with Gasteiger partial charge in [0.15, 0.2) is 0 Å². The van der Waals surface area contributed by atoms with Crippen molar-refractivity contribution < 1.29 is 17.9 Å². The minimum Gasteiger partial charge on any atom is -0.379 e. The highest BCUT2D eigenvalue weighted by Crippen LogP contribution is 1.96. The lowest BCUT2D eigenvalue weighted by molar-refractivity contribution is -0.121. The zero-order valence-corrected chi connectivity index (χ0v) is 12.4. The minimum atomic E-state index is -3.29. The fraction of sp³-hybridized carbons (Fsp3) is 0.909. The Balaban J connectivity index is 3.79. The van der Waals surface area contributed by atoms with Gasteiger partial charge in [0, 0.05) is 20.2 Å². The lowest BCUT2D eigenvalue weighted by Gasteiger charge is -2.15. The monoisotopic (exact) mass is 280 g/mol. The van der Waals surface area contributed by atoms with Crippen LogP contribution in [0, 0.1) is 0 Å². The third-order valence-corrected chi connectivity index (χ3v) is 4.11. The van der Waals surface area contributed by atoms with Crippen molar-refractivity contribution in [2.75, 3.05) is 32.5 Å². The predicted octanol–water partition coefficient (Wildman–Crippen LogP) is 0.199. The minimum absolute atomic E-state index is 0.000984. The van der Waals surface area contributed by atoms with E-state index in [2.05, 4.69) is 5.32 Å². The molecule has 0 heterocycles. The van der Waals surface area contributed by atoms with Gasteiger partial charge in [0.05, 0.1) is 18.4 Å². The first kappa shape index (κ1) is 17.3. The molecule has 0 aliphatic carbocycles. The molecule has 0 aromatic carbocycles. The average Bonchev–Trinajstić information content (AvgIpc) is 2.27. The fourth-order valence-electron chi connectivity index (χ4n) is 1.20. The highest BCUT2D eigenvalue weighted by molar-refractivity contribution is 7.89. The number of rotatable bonds is 9. The van der Waals surface area contributed by atoms with Gasteiger partial charge in [-0.3, -0.25) is 4.79 Å². The molecule has 0 bridgehead atoms. The van der Waals surface area contributed by atoms with Gasteiger partial charge in [0.25, 0.3) is 0 Å². The first-order valence-electron chi connectivity index (χ1n) is 6.12. The van der Waals surface area contributed by atoms with Crippen molar-refractivity contribution in [2.24, 2.45) is 0 Å². The summed E-state index contributed by atoms with van der Waals surface area (Å²) in [5, 5.41) is 2.66. The summed E-state index contributed by atoms with van der Waals surface area (Å²) in [7, 11) is -1.89. The van der Waals surface area contributed by atoms with E-state index in [4.69, 9.17) is 4.74 Å². The van der Waals surface area contributed by atoms with Crippen LogP contribution < -0.4 is 5.32 Å². The number of nitrogens with zero attached hydrogens (tertiary/aromatic N) is 1. The van der Waals surface area contributed by atoms with Gasteiger partial charge in [0.2, 0.25) is 15.9 Å². The summed E-state index contributed by atoms with van der Waals surface area (Å²) in [5.41, 5.74) is 0. The molecule has 0 aliphatic rings. The Labute approximate surface area is 110 Å². The molecule has 0 rings (SSSR count). The average molecular weight is 280 g/mol. The van der Waals surface area contributed by atoms with Gasteiger partial charge in [-0.15, -0.1) is 0 Å². The molecule has 0 spiro atoms. The van der Waals surface area contributed by atoms with Crippen molar-refractivity contribution in [3.8, 4) is 0 Å². The zero-order chi connectivity index (χ0) is 14.2. The summed E-state index contributed by atoms with van der Waals surface area (Å²) in [6.45, 7) is 6.38. The van der Waals surface area contributed by atoms with Gasteiger partial charge in [0.1, 0.15) is 0 Å². The molecular formula is C11H24N2O4S. The number of ether oxygens (including phenoxy) is 1. The summed E-state index contributed by atoms with van der Waals surface area (Å²) in [4.78, 5) is 11.5. The molecule has 0 aromatic heterocycles. The van der Waals surface area contributed by atoms with Gasteiger partial charge in [-0.25, -0.2) is 8.42 Å². The van der Waals surface area contributed by atoms with Gasteiger partial charge >= 0.3 is 0 Å². The van der Waals surface area contributed by atoms with E-state index in [1.165, 1.54) is 7.05 Å². The standard InChI is InChI=1S/C11H24N2O4S/c1-5-18(15,16)13(4)9-11(14)12-7-6-8-17-10(2)3/h10H,5-9H2,1-4H3,(H,12,14). The topological polar surface area (TPSA) is 75.7 Å². The van der Waals surface area contributed by atoms with Crippen molar-refractivity contribution in [1.82, 2.24) is 9.62 Å². The molecule has 0 saturated heterocycles. The predicted molar refractivity (Wildman–Crippen MR) is 70.8 cm³/mol. The second-order valence-electron chi connectivity index (χ2n) is 4.28. The Morgan fingerprint density at radius 3 is 2.50 bits per heavy atom. The van der Waals surface area contributed by atoms with E-state index in [9.17, 15) is 13.2 Å². The van der Waals surface area contributed by atoms with E-state index in [0.717, 1.165) is 4.31 Å². The molecule has 6 nitrogen and oxygen atoms in total. The Morgan fingerprint density at radius 1 is 1.39 bits per heavy atom. The lowest BCUT2D eigenvalue weighted by Crippen LogP contribution is -2.39. The highest BCUT2D eigenvalue weighted by atomic mass is 32.2. The van der Waals surface area contributed by atoms with Gasteiger partial charge < -0.3 is 10.1 Å². The molecule has 0 radical (unpaired) electrons. The van der Waals surface area contributed by atoms with Crippen LogP contribution in [0.2, 0.25) is 0 Å². The summed E-state index contributed by atoms with van der Waals surface area (Å²) in [6, 6.07) is 0. The quantitative estimate of drug-likeness (QED) is 0.612. The van der Waals surface area contributed by atoms with Crippen LogP contribution in [0.25, 0.3) is 0 Å². The van der Waals surface area contributed by atoms with E-state index >= 15 is 0 Å². The maximum Gasteiger partial charge on any atom is 0.235 e. The molecule has 1 amide bonds. The molecule has 1 N–H and O–H groups in total. The van der Waals surface area contributed by atoms with Crippen LogP contribution in [0.3, 0.4) is 0 Å². The van der Waals surface area contributed by atoms with E-state index in [1.54, 1.807) is 6.92 Å². The van der Waals surface area contributed by atoms with Crippen LogP contribution >= 0.6 is 0 Å². The van der Waals surface area contributed by atoms with Crippen molar-refractivity contribution in [3.63, 3.8) is 0 Å². The lowest BCUT2D eigenvalue weighted by atomic mass is 10.4. The van der Waals surface area contributed by atoms with Crippen LogP contribution in [-0.4, -0.2) is 57.2 Å². The van der Waals surface area contributed by atoms with E-state index < -0.39 is 10.0 Å². The second kappa shape index (κ2) is 8.44. The molecular weight excluding hydrogens is 256 g/mol. The van der Waals surface area contributed by atoms with Crippen molar-refractivity contribution in [1.29, 1.82) is 0 Å². The Bertz CT molecular complexity index is 341. The van der Waals surface area contributed by atoms with Crippen LogP contribution in [0.1, 0.15) is 27.2 Å². The number of nitrogens with one attached hydrogen (secondary N) is 1. The Hall–Kier alpha value is -0.660. The molecule has 0 unspecified atom stereocenters. The maximum absolute atomic E-state index is 11.5. The summed E-state index contributed by atoms with van der Waals surface area (Å²) in [6.07, 6.45) is 0.898. The van der Waals surface area contributed by atoms with Crippen molar-refractivity contribution >= 4 is 15.9 Å². The van der Waals surface area contributed by atoms with Crippen molar-refractivity contribution in [3.05, 3.63) is 0 Å². The van der Waals surface area contributed by atoms with Gasteiger partial charge in [-0.05, 0) is 27.2 Å². The van der Waals surface area contributed by atoms with E-state index in [0.29, 0.717) is 19.6 Å². The Morgan fingerprint density at radius 2 is 2.00 bits per heavy atom. The molecule has 7 heteroatoms. The number of sulfonamides is 1. The van der Waals surface area contributed by atoms with Crippen molar-refractivity contribution in [2.45, 2.75) is 33.3 Å². The first-order chi connectivity index (χ1) is 8.29. The van der Waals surface area contributed by atoms with Crippen LogP contribution in [-0.2, 0) is 19.6 Å². The molecule has 108 valence electrons. The maximum atomic E-state index is 11.5. The normalized spacial score (nSPS) is 12.1. The fourth-order valence-corrected chi connectivity index (χ4v) is 1.95. The molecule has 0 atom stereocenters. The van der Waals surface area contributed by atoms with Crippen LogP contribution in [0.5, 0.6) is 0 Å². The number of hydrogen-bond donors (Lipinski definition) is 1. The second-order valence-corrected chi connectivity index (χ2v) is 6.64. The number of amides is 1. The molecule has 0 fully saturated rings. The highest BCUT2D eigenvalue weighted by Gasteiger charge is 2.17. The third-order valence-electron chi connectivity index (χ3n) is 2.30. The smallest absolute Gasteiger partial charge is 0.235 e. The summed E-state index contributed by atoms with van der Waals surface area (Å²) < 4.78 is 29.2.